The number of aliphatic hydroxyl groups excluding tert-OH is 1. The van der Waals surface area contributed by atoms with Gasteiger partial charge >= 0.3 is 5.97 Å². The van der Waals surface area contributed by atoms with Crippen LogP contribution in [0.3, 0.4) is 0 Å². The van der Waals surface area contributed by atoms with Gasteiger partial charge in [-0.05, 0) is 81.1 Å². The van der Waals surface area contributed by atoms with Crippen molar-refractivity contribution in [3.63, 3.8) is 0 Å². The zero-order valence-corrected chi connectivity index (χ0v) is 16.3. The van der Waals surface area contributed by atoms with Gasteiger partial charge in [0.15, 0.2) is 0 Å². The number of carbonyl (C=O) groups is 1. The number of rotatable bonds is 7. The van der Waals surface area contributed by atoms with Crippen molar-refractivity contribution >= 4 is 5.97 Å². The van der Waals surface area contributed by atoms with E-state index in [0.717, 1.165) is 57.8 Å². The van der Waals surface area contributed by atoms with E-state index < -0.39 is 12.3 Å². The second-order valence-electron chi connectivity index (χ2n) is 8.46. The number of aliphatic hydroxyl groups is 1. The van der Waals surface area contributed by atoms with Crippen LogP contribution in [0.2, 0.25) is 0 Å². The average Bonchev–Trinajstić information content (AvgIpc) is 2.72. The fourth-order valence-electron chi connectivity index (χ4n) is 4.84. The van der Waals surface area contributed by atoms with Gasteiger partial charge in [-0.15, -0.1) is 0 Å². The standard InChI is InChI=1S/C21H34O6/c1-25-18-8-6-16(7-9-18)17-10-19(21(23)24)27-20(11-17)26-13-15-4-2-14(12-22)3-5-15/h10,14-18,20,22H,2-9,11-13H2,1H3,(H,23,24)/t14?,15?,16?,17-,18?,20+/m1/s1. The van der Waals surface area contributed by atoms with Crippen LogP contribution in [0.25, 0.3) is 0 Å². The molecule has 0 aromatic heterocycles. The Hall–Kier alpha value is -1.11. The molecule has 2 saturated carbocycles. The summed E-state index contributed by atoms with van der Waals surface area (Å²) in [6, 6.07) is 0. The van der Waals surface area contributed by atoms with Gasteiger partial charge in [0.2, 0.25) is 12.0 Å². The lowest BCUT2D eigenvalue weighted by Gasteiger charge is -2.37. The first-order valence-electron chi connectivity index (χ1n) is 10.5. The van der Waals surface area contributed by atoms with E-state index in [2.05, 4.69) is 0 Å². The van der Waals surface area contributed by atoms with Gasteiger partial charge in [0, 0.05) is 20.1 Å². The molecule has 0 unspecified atom stereocenters. The van der Waals surface area contributed by atoms with Gasteiger partial charge in [0.1, 0.15) is 0 Å². The highest BCUT2D eigenvalue weighted by molar-refractivity contribution is 5.84. The van der Waals surface area contributed by atoms with Crippen molar-refractivity contribution in [3.05, 3.63) is 11.8 Å². The zero-order valence-electron chi connectivity index (χ0n) is 16.3. The van der Waals surface area contributed by atoms with E-state index in [1.54, 1.807) is 13.2 Å². The molecule has 2 aliphatic carbocycles. The Balaban J connectivity index is 1.52. The molecular formula is C21H34O6. The molecule has 2 N–H and O–H groups in total. The summed E-state index contributed by atoms with van der Waals surface area (Å²) in [4.78, 5) is 11.5. The summed E-state index contributed by atoms with van der Waals surface area (Å²) in [6.45, 7) is 0.887. The maximum atomic E-state index is 11.5. The third kappa shape index (κ3) is 5.69. The van der Waals surface area contributed by atoms with Crippen molar-refractivity contribution in [3.8, 4) is 0 Å². The number of allylic oxidation sites excluding steroid dienone is 1. The molecule has 1 heterocycles. The molecule has 0 saturated heterocycles. The summed E-state index contributed by atoms with van der Waals surface area (Å²) in [7, 11) is 1.76. The van der Waals surface area contributed by atoms with Gasteiger partial charge in [-0.25, -0.2) is 4.79 Å². The number of methoxy groups -OCH3 is 1. The first-order chi connectivity index (χ1) is 13.1. The van der Waals surface area contributed by atoms with E-state index in [-0.39, 0.29) is 18.3 Å². The molecule has 6 heteroatoms. The summed E-state index contributed by atoms with van der Waals surface area (Å²) >= 11 is 0. The number of aliphatic carboxylic acids is 1. The number of hydrogen-bond acceptors (Lipinski definition) is 5. The van der Waals surface area contributed by atoms with Gasteiger partial charge in [0.25, 0.3) is 0 Å². The number of hydrogen-bond donors (Lipinski definition) is 2. The van der Waals surface area contributed by atoms with Crippen molar-refractivity contribution in [2.45, 2.75) is 70.2 Å². The Morgan fingerprint density at radius 1 is 1.11 bits per heavy atom. The molecule has 0 spiro atoms. The molecule has 0 bridgehead atoms. The van der Waals surface area contributed by atoms with E-state index >= 15 is 0 Å². The molecule has 27 heavy (non-hydrogen) atoms. The maximum absolute atomic E-state index is 11.5. The highest BCUT2D eigenvalue weighted by Gasteiger charge is 2.34. The highest BCUT2D eigenvalue weighted by Crippen LogP contribution is 2.38. The number of ether oxygens (including phenoxy) is 3. The fourth-order valence-corrected chi connectivity index (χ4v) is 4.84. The van der Waals surface area contributed by atoms with Crippen molar-refractivity contribution < 1.29 is 29.2 Å². The minimum atomic E-state index is -1.01. The molecule has 2 atom stereocenters. The average molecular weight is 382 g/mol. The monoisotopic (exact) mass is 382 g/mol. The lowest BCUT2D eigenvalue weighted by molar-refractivity contribution is -0.165. The van der Waals surface area contributed by atoms with Crippen molar-refractivity contribution in [1.82, 2.24) is 0 Å². The Bertz CT molecular complexity index is 503. The van der Waals surface area contributed by atoms with E-state index in [1.165, 1.54) is 0 Å². The second-order valence-corrected chi connectivity index (χ2v) is 8.46. The molecule has 0 aromatic carbocycles. The van der Waals surface area contributed by atoms with Crippen LogP contribution in [0.1, 0.15) is 57.8 Å². The van der Waals surface area contributed by atoms with Crippen LogP contribution in [-0.4, -0.2) is 48.9 Å². The quantitative estimate of drug-likeness (QED) is 0.702. The number of carboxylic acid groups (broad SMARTS) is 1. The molecule has 6 nitrogen and oxygen atoms in total. The SMILES string of the molecule is COC1CCC([C@@H]2C=C(C(=O)O)O[C@H](OCC3CCC(CO)CC3)C2)CC1. The predicted octanol–water partition coefficient (Wildman–Crippen LogP) is 3.34. The lowest BCUT2D eigenvalue weighted by Crippen LogP contribution is -2.34. The Morgan fingerprint density at radius 3 is 2.37 bits per heavy atom. The van der Waals surface area contributed by atoms with E-state index in [1.807, 2.05) is 0 Å². The third-order valence-electron chi connectivity index (χ3n) is 6.70. The fraction of sp³-hybridized carbons (Fsp3) is 0.857. The summed E-state index contributed by atoms with van der Waals surface area (Å²) in [5, 5.41) is 18.7. The van der Waals surface area contributed by atoms with Crippen LogP contribution in [0, 0.1) is 23.7 Å². The van der Waals surface area contributed by atoms with E-state index in [4.69, 9.17) is 14.2 Å². The molecule has 1 aliphatic heterocycles. The first-order valence-corrected chi connectivity index (χ1v) is 10.5. The van der Waals surface area contributed by atoms with Crippen molar-refractivity contribution in [2.24, 2.45) is 23.7 Å². The largest absolute Gasteiger partial charge is 0.475 e. The minimum Gasteiger partial charge on any atom is -0.475 e. The Morgan fingerprint density at radius 2 is 1.78 bits per heavy atom. The summed E-state index contributed by atoms with van der Waals surface area (Å²) in [6.07, 6.45) is 10.8. The molecule has 0 radical (unpaired) electrons. The summed E-state index contributed by atoms with van der Waals surface area (Å²) in [5.41, 5.74) is 0. The highest BCUT2D eigenvalue weighted by atomic mass is 16.7. The Kier molecular flexibility index (Phi) is 7.56. The summed E-state index contributed by atoms with van der Waals surface area (Å²) < 4.78 is 17.1. The topological polar surface area (TPSA) is 85.2 Å². The lowest BCUT2D eigenvalue weighted by atomic mass is 9.76. The summed E-state index contributed by atoms with van der Waals surface area (Å²) in [5.74, 6) is 0.599. The van der Waals surface area contributed by atoms with Crippen LogP contribution < -0.4 is 0 Å². The van der Waals surface area contributed by atoms with Gasteiger partial charge in [-0.2, -0.15) is 0 Å². The van der Waals surface area contributed by atoms with Crippen LogP contribution in [0.4, 0.5) is 0 Å². The van der Waals surface area contributed by atoms with Crippen molar-refractivity contribution in [2.75, 3.05) is 20.3 Å². The van der Waals surface area contributed by atoms with Crippen LogP contribution >= 0.6 is 0 Å². The molecule has 154 valence electrons. The minimum absolute atomic E-state index is 0.0362. The molecular weight excluding hydrogens is 348 g/mol. The molecule has 0 aromatic rings. The number of carboxylic acids is 1. The van der Waals surface area contributed by atoms with Crippen molar-refractivity contribution in [1.29, 1.82) is 0 Å². The van der Waals surface area contributed by atoms with Gasteiger partial charge < -0.3 is 24.4 Å². The molecule has 0 amide bonds. The van der Waals surface area contributed by atoms with Gasteiger partial charge in [-0.1, -0.05) is 0 Å². The third-order valence-corrected chi connectivity index (χ3v) is 6.70. The van der Waals surface area contributed by atoms with Crippen LogP contribution in [0.5, 0.6) is 0 Å². The molecule has 3 rings (SSSR count). The normalized spacial score (nSPS) is 37.3. The zero-order chi connectivity index (χ0) is 19.2. The van der Waals surface area contributed by atoms with Crippen LogP contribution in [-0.2, 0) is 19.0 Å². The van der Waals surface area contributed by atoms with Crippen LogP contribution in [0.15, 0.2) is 11.8 Å². The predicted molar refractivity (Wildman–Crippen MR) is 99.9 cm³/mol. The molecule has 2 fully saturated rings. The smallest absolute Gasteiger partial charge is 0.370 e. The first kappa shape index (κ1) is 20.6. The van der Waals surface area contributed by atoms with E-state index in [0.29, 0.717) is 30.5 Å². The van der Waals surface area contributed by atoms with Gasteiger partial charge in [0.05, 0.1) is 12.7 Å². The molecule has 3 aliphatic rings. The maximum Gasteiger partial charge on any atom is 0.370 e. The van der Waals surface area contributed by atoms with E-state index in [9.17, 15) is 15.0 Å². The Labute approximate surface area is 161 Å². The second kappa shape index (κ2) is 9.89. The van der Waals surface area contributed by atoms with Gasteiger partial charge in [-0.3, -0.25) is 0 Å².